The van der Waals surface area contributed by atoms with Crippen LogP contribution in [0.15, 0.2) is 37.1 Å². The first-order valence-electron chi connectivity index (χ1n) is 5.36. The Labute approximate surface area is 103 Å². The molecule has 2 heterocycles. The quantitative estimate of drug-likeness (QED) is 0.803. The van der Waals surface area contributed by atoms with Crippen molar-refractivity contribution in [2.75, 3.05) is 0 Å². The van der Waals surface area contributed by atoms with Gasteiger partial charge in [-0.1, -0.05) is 0 Å². The third kappa shape index (κ3) is 2.79. The number of Topliss-reactive ketones (excluding diaryl/α,β-unsaturated/α-hetero) is 1. The molecule has 0 bridgehead atoms. The number of hydrogen-bond acceptors (Lipinski definition) is 4. The van der Waals surface area contributed by atoms with Crippen molar-refractivity contribution in [1.82, 2.24) is 14.5 Å². The summed E-state index contributed by atoms with van der Waals surface area (Å²) >= 11 is 0. The van der Waals surface area contributed by atoms with Crippen molar-refractivity contribution in [3.8, 4) is 5.82 Å². The molecule has 6 nitrogen and oxygen atoms in total. The highest BCUT2D eigenvalue weighted by Crippen LogP contribution is 2.08. The van der Waals surface area contributed by atoms with Crippen LogP contribution in [0.2, 0.25) is 0 Å². The highest BCUT2D eigenvalue weighted by Gasteiger charge is 2.09. The lowest BCUT2D eigenvalue weighted by Crippen LogP contribution is -2.05. The summed E-state index contributed by atoms with van der Waals surface area (Å²) in [5.41, 5.74) is 0.417. The van der Waals surface area contributed by atoms with Gasteiger partial charge in [-0.25, -0.2) is 9.97 Å². The number of aromatic nitrogens is 3. The fraction of sp³-hybridized carbons (Fsp3) is 0.167. The molecule has 0 aliphatic rings. The second kappa shape index (κ2) is 5.22. The van der Waals surface area contributed by atoms with Gasteiger partial charge in [0.25, 0.3) is 0 Å². The Morgan fingerprint density at radius 3 is 2.67 bits per heavy atom. The molecule has 0 unspecified atom stereocenters. The van der Waals surface area contributed by atoms with Gasteiger partial charge >= 0.3 is 5.97 Å². The number of imidazole rings is 1. The van der Waals surface area contributed by atoms with E-state index >= 15 is 0 Å². The SMILES string of the molecule is O=C(O)CCC(=O)c1ccc(-n2ccnc2)nc1. The average Bonchev–Trinajstić information content (AvgIpc) is 2.90. The number of nitrogens with zero attached hydrogens (tertiary/aromatic N) is 3. The first-order valence-corrected chi connectivity index (χ1v) is 5.36. The summed E-state index contributed by atoms with van der Waals surface area (Å²) in [5, 5.41) is 8.50. The van der Waals surface area contributed by atoms with E-state index in [9.17, 15) is 9.59 Å². The molecule has 0 amide bonds. The van der Waals surface area contributed by atoms with E-state index in [0.29, 0.717) is 11.4 Å². The van der Waals surface area contributed by atoms with E-state index in [1.165, 1.54) is 6.20 Å². The van der Waals surface area contributed by atoms with Gasteiger partial charge in [0.15, 0.2) is 5.78 Å². The summed E-state index contributed by atoms with van der Waals surface area (Å²) in [4.78, 5) is 30.0. The van der Waals surface area contributed by atoms with E-state index in [-0.39, 0.29) is 18.6 Å². The fourth-order valence-electron chi connectivity index (χ4n) is 1.46. The van der Waals surface area contributed by atoms with Gasteiger partial charge in [0.1, 0.15) is 12.1 Å². The zero-order chi connectivity index (χ0) is 13.0. The zero-order valence-corrected chi connectivity index (χ0v) is 9.48. The van der Waals surface area contributed by atoms with Crippen molar-refractivity contribution >= 4 is 11.8 Å². The maximum Gasteiger partial charge on any atom is 0.303 e. The van der Waals surface area contributed by atoms with Crippen LogP contribution >= 0.6 is 0 Å². The molecule has 2 rings (SSSR count). The lowest BCUT2D eigenvalue weighted by molar-refractivity contribution is -0.136. The van der Waals surface area contributed by atoms with E-state index < -0.39 is 5.97 Å². The Balaban J connectivity index is 2.08. The second-order valence-corrected chi connectivity index (χ2v) is 3.69. The Hall–Kier alpha value is -2.50. The number of carboxylic acids is 1. The number of pyridine rings is 1. The molecule has 0 atom stereocenters. The molecule has 18 heavy (non-hydrogen) atoms. The number of carbonyl (C=O) groups is 2. The van der Waals surface area contributed by atoms with Crippen LogP contribution in [-0.4, -0.2) is 31.4 Å². The Bertz CT molecular complexity index is 546. The van der Waals surface area contributed by atoms with Crippen LogP contribution in [0.1, 0.15) is 23.2 Å². The number of ketones is 1. The predicted octanol–water partition coefficient (Wildman–Crippen LogP) is 1.31. The monoisotopic (exact) mass is 245 g/mol. The van der Waals surface area contributed by atoms with Gasteiger partial charge in [0.2, 0.25) is 0 Å². The average molecular weight is 245 g/mol. The van der Waals surface area contributed by atoms with Crippen LogP contribution in [0, 0.1) is 0 Å². The minimum absolute atomic E-state index is 0.0125. The summed E-state index contributed by atoms with van der Waals surface area (Å²) < 4.78 is 1.71. The number of hydrogen-bond donors (Lipinski definition) is 1. The van der Waals surface area contributed by atoms with Crippen molar-refractivity contribution in [3.05, 3.63) is 42.6 Å². The van der Waals surface area contributed by atoms with Gasteiger partial charge < -0.3 is 5.11 Å². The summed E-state index contributed by atoms with van der Waals surface area (Å²) in [7, 11) is 0. The third-order valence-corrected chi connectivity index (χ3v) is 2.40. The van der Waals surface area contributed by atoms with E-state index in [0.717, 1.165) is 0 Å². The van der Waals surface area contributed by atoms with Crippen molar-refractivity contribution < 1.29 is 14.7 Å². The number of carbonyl (C=O) groups excluding carboxylic acids is 1. The highest BCUT2D eigenvalue weighted by atomic mass is 16.4. The summed E-state index contributed by atoms with van der Waals surface area (Å²) in [6.07, 6.45) is 6.25. The molecule has 0 saturated carbocycles. The highest BCUT2D eigenvalue weighted by molar-refractivity contribution is 5.97. The molecule has 0 aliphatic heterocycles. The predicted molar refractivity (Wildman–Crippen MR) is 62.6 cm³/mol. The van der Waals surface area contributed by atoms with Gasteiger partial charge in [-0.3, -0.25) is 14.2 Å². The summed E-state index contributed by atoms with van der Waals surface area (Å²) in [6.45, 7) is 0. The van der Waals surface area contributed by atoms with Crippen molar-refractivity contribution in [2.45, 2.75) is 12.8 Å². The number of rotatable bonds is 5. The van der Waals surface area contributed by atoms with E-state index in [1.807, 2.05) is 0 Å². The van der Waals surface area contributed by atoms with Gasteiger partial charge in [0.05, 0.1) is 6.42 Å². The van der Waals surface area contributed by atoms with E-state index in [1.54, 1.807) is 35.4 Å². The van der Waals surface area contributed by atoms with Crippen LogP contribution in [0.25, 0.3) is 5.82 Å². The smallest absolute Gasteiger partial charge is 0.303 e. The first-order chi connectivity index (χ1) is 8.66. The lowest BCUT2D eigenvalue weighted by Gasteiger charge is -2.02. The molecule has 0 radical (unpaired) electrons. The normalized spacial score (nSPS) is 10.2. The largest absolute Gasteiger partial charge is 0.481 e. The van der Waals surface area contributed by atoms with Crippen LogP contribution < -0.4 is 0 Å². The summed E-state index contributed by atoms with van der Waals surface area (Å²) in [6, 6.07) is 3.32. The Morgan fingerprint density at radius 2 is 2.11 bits per heavy atom. The number of carboxylic acid groups (broad SMARTS) is 1. The standard InChI is InChI=1S/C12H11N3O3/c16-10(2-4-12(17)18)9-1-3-11(14-7-9)15-6-5-13-8-15/h1,3,5-8H,2,4H2,(H,17,18). The van der Waals surface area contributed by atoms with Gasteiger partial charge in [-0.2, -0.15) is 0 Å². The zero-order valence-electron chi connectivity index (χ0n) is 9.48. The van der Waals surface area contributed by atoms with Crippen molar-refractivity contribution in [2.24, 2.45) is 0 Å². The van der Waals surface area contributed by atoms with Gasteiger partial charge in [-0.15, -0.1) is 0 Å². The van der Waals surface area contributed by atoms with E-state index in [4.69, 9.17) is 5.11 Å². The molecule has 2 aromatic rings. The molecule has 0 aliphatic carbocycles. The minimum Gasteiger partial charge on any atom is -0.481 e. The maximum atomic E-state index is 11.6. The molecular formula is C12H11N3O3. The second-order valence-electron chi connectivity index (χ2n) is 3.69. The minimum atomic E-state index is -0.980. The van der Waals surface area contributed by atoms with Crippen LogP contribution in [-0.2, 0) is 4.79 Å². The summed E-state index contributed by atoms with van der Waals surface area (Å²) in [5.74, 6) is -0.546. The molecule has 1 N–H and O–H groups in total. The number of aliphatic carboxylic acids is 1. The molecule has 0 saturated heterocycles. The first kappa shape index (κ1) is 12.0. The molecule has 0 spiro atoms. The molecule has 0 fully saturated rings. The third-order valence-electron chi connectivity index (χ3n) is 2.40. The lowest BCUT2D eigenvalue weighted by atomic mass is 10.1. The van der Waals surface area contributed by atoms with E-state index in [2.05, 4.69) is 9.97 Å². The van der Waals surface area contributed by atoms with Crippen LogP contribution in [0.4, 0.5) is 0 Å². The molecule has 2 aromatic heterocycles. The van der Waals surface area contributed by atoms with Crippen LogP contribution in [0.3, 0.4) is 0 Å². The maximum absolute atomic E-state index is 11.6. The fourth-order valence-corrected chi connectivity index (χ4v) is 1.46. The Morgan fingerprint density at radius 1 is 1.28 bits per heavy atom. The molecule has 92 valence electrons. The van der Waals surface area contributed by atoms with Crippen molar-refractivity contribution in [3.63, 3.8) is 0 Å². The van der Waals surface area contributed by atoms with Gasteiger partial charge in [0, 0.05) is 30.6 Å². The molecule has 6 heteroatoms. The van der Waals surface area contributed by atoms with Gasteiger partial charge in [-0.05, 0) is 12.1 Å². The van der Waals surface area contributed by atoms with Crippen molar-refractivity contribution in [1.29, 1.82) is 0 Å². The Kier molecular flexibility index (Phi) is 3.47. The van der Waals surface area contributed by atoms with Crippen LogP contribution in [0.5, 0.6) is 0 Å². The molecule has 0 aromatic carbocycles. The molecular weight excluding hydrogens is 234 g/mol. The topological polar surface area (TPSA) is 85.1 Å².